The second-order valence-electron chi connectivity index (χ2n) is 6.60. The fraction of sp³-hybridized carbons (Fsp3) is 0.600. The molecule has 3 N–H and O–H groups in total. The van der Waals surface area contributed by atoms with Gasteiger partial charge in [0, 0.05) is 18.5 Å². The number of likely N-dealkylation sites (tertiary alicyclic amines) is 1. The number of amides is 3. The van der Waals surface area contributed by atoms with Crippen LogP contribution < -0.4 is 10.6 Å². The van der Waals surface area contributed by atoms with Gasteiger partial charge in [0.1, 0.15) is 17.3 Å². The number of hydrogen-bond donors (Lipinski definition) is 2. The van der Waals surface area contributed by atoms with Crippen LogP contribution in [-0.4, -0.2) is 64.9 Å². The monoisotopic (exact) mass is 370 g/mol. The number of aryl methyl sites for hydroxylation is 1. The summed E-state index contributed by atoms with van der Waals surface area (Å²) in [6.45, 7) is 1.44. The Hall–Kier alpha value is -2.23. The largest absolute Gasteiger partial charge is 0.369 e. The fourth-order valence-electron chi connectivity index (χ4n) is 3.21. The molecule has 8 nitrogen and oxygen atoms in total. The summed E-state index contributed by atoms with van der Waals surface area (Å²) in [6.07, 6.45) is -0.681. The second-order valence-corrected chi connectivity index (χ2v) is 7.79. The fourth-order valence-corrected chi connectivity index (χ4v) is 3.88. The van der Waals surface area contributed by atoms with Gasteiger partial charge in [-0.1, -0.05) is 11.3 Å². The third kappa shape index (κ3) is 2.84. The predicted octanol–water partition coefficient (Wildman–Crippen LogP) is -0.369. The Bertz CT molecular complexity index is 800. The summed E-state index contributed by atoms with van der Waals surface area (Å²) in [5.74, 6) is -1.66. The molecule has 3 amide bonds. The number of carbonyl (C=O) groups excluding carboxylic acids is 3. The van der Waals surface area contributed by atoms with Crippen molar-refractivity contribution in [2.24, 2.45) is 11.1 Å². The SMILES string of the molecule is Cc1sc(=O)[nH]c1C(=O)N(C)C1CN(C(=O)C2(C(N)=O)CC2)CC1F. The zero-order valence-electron chi connectivity index (χ0n) is 13.9. The number of H-pyrrole nitrogens is 1. The number of nitrogens with two attached hydrogens (primary N) is 1. The number of primary amides is 1. The number of aromatic amines is 1. The Balaban J connectivity index is 1.74. The molecule has 1 aromatic rings. The summed E-state index contributed by atoms with van der Waals surface area (Å²) < 4.78 is 14.5. The Morgan fingerprint density at radius 1 is 1.36 bits per heavy atom. The van der Waals surface area contributed by atoms with Gasteiger partial charge in [0.15, 0.2) is 0 Å². The highest BCUT2D eigenvalue weighted by Gasteiger charge is 2.58. The van der Waals surface area contributed by atoms with Crippen LogP contribution in [0.15, 0.2) is 4.79 Å². The van der Waals surface area contributed by atoms with Crippen molar-refractivity contribution >= 4 is 29.1 Å². The number of rotatable bonds is 4. The zero-order chi connectivity index (χ0) is 18.5. The van der Waals surface area contributed by atoms with Crippen LogP contribution in [0.4, 0.5) is 4.39 Å². The normalized spacial score (nSPS) is 24.2. The molecular formula is C15H19FN4O4S. The summed E-state index contributed by atoms with van der Waals surface area (Å²) in [4.78, 5) is 53.0. The van der Waals surface area contributed by atoms with E-state index in [1.54, 1.807) is 6.92 Å². The maximum absolute atomic E-state index is 14.5. The molecule has 25 heavy (non-hydrogen) atoms. The number of hydrogen-bond acceptors (Lipinski definition) is 5. The highest BCUT2D eigenvalue weighted by Crippen LogP contribution is 2.47. The van der Waals surface area contributed by atoms with E-state index in [9.17, 15) is 23.6 Å². The predicted molar refractivity (Wildman–Crippen MR) is 87.9 cm³/mol. The third-order valence-electron chi connectivity index (χ3n) is 4.99. The van der Waals surface area contributed by atoms with E-state index in [4.69, 9.17) is 5.73 Å². The Morgan fingerprint density at radius 2 is 2.00 bits per heavy atom. The molecule has 0 radical (unpaired) electrons. The molecule has 1 aliphatic carbocycles. The minimum atomic E-state index is -1.44. The van der Waals surface area contributed by atoms with Crippen LogP contribution in [0.25, 0.3) is 0 Å². The van der Waals surface area contributed by atoms with Gasteiger partial charge in [0.25, 0.3) is 5.91 Å². The van der Waals surface area contributed by atoms with E-state index in [2.05, 4.69) is 4.98 Å². The first-order chi connectivity index (χ1) is 11.7. The number of carbonyl (C=O) groups is 3. The number of aromatic nitrogens is 1. The zero-order valence-corrected chi connectivity index (χ0v) is 14.7. The molecule has 2 heterocycles. The van der Waals surface area contributed by atoms with E-state index >= 15 is 0 Å². The van der Waals surface area contributed by atoms with Crippen LogP contribution in [0.1, 0.15) is 28.2 Å². The van der Waals surface area contributed by atoms with Crippen LogP contribution in [0.5, 0.6) is 0 Å². The molecular weight excluding hydrogens is 351 g/mol. The van der Waals surface area contributed by atoms with E-state index < -0.39 is 35.4 Å². The Labute approximate surface area is 146 Å². The van der Waals surface area contributed by atoms with Crippen LogP contribution in [0, 0.1) is 12.3 Å². The topological polar surface area (TPSA) is 117 Å². The second kappa shape index (κ2) is 5.94. The summed E-state index contributed by atoms with van der Waals surface area (Å²) in [5, 5.41) is 0. The summed E-state index contributed by atoms with van der Waals surface area (Å²) in [6, 6.07) is -0.845. The quantitative estimate of drug-likeness (QED) is 0.704. The Morgan fingerprint density at radius 3 is 2.48 bits per heavy atom. The molecule has 1 aromatic heterocycles. The van der Waals surface area contributed by atoms with E-state index in [0.717, 1.165) is 11.3 Å². The van der Waals surface area contributed by atoms with Crippen LogP contribution in [0.3, 0.4) is 0 Å². The molecule has 10 heteroatoms. The summed E-state index contributed by atoms with van der Waals surface area (Å²) in [5.41, 5.74) is 4.22. The van der Waals surface area contributed by atoms with Crippen molar-refractivity contribution in [1.82, 2.24) is 14.8 Å². The van der Waals surface area contributed by atoms with Gasteiger partial charge >= 0.3 is 4.87 Å². The lowest BCUT2D eigenvalue weighted by Crippen LogP contribution is -2.45. The van der Waals surface area contributed by atoms with Gasteiger partial charge in [-0.2, -0.15) is 0 Å². The highest BCUT2D eigenvalue weighted by molar-refractivity contribution is 7.09. The van der Waals surface area contributed by atoms with Crippen molar-refractivity contribution in [2.75, 3.05) is 20.1 Å². The number of halogens is 1. The van der Waals surface area contributed by atoms with Gasteiger partial charge in [-0.25, -0.2) is 4.39 Å². The molecule has 1 saturated heterocycles. The van der Waals surface area contributed by atoms with E-state index in [-0.39, 0.29) is 23.7 Å². The van der Waals surface area contributed by atoms with E-state index in [0.29, 0.717) is 17.7 Å². The van der Waals surface area contributed by atoms with Gasteiger partial charge in [0.2, 0.25) is 11.8 Å². The maximum Gasteiger partial charge on any atom is 0.305 e. The van der Waals surface area contributed by atoms with Crippen LogP contribution in [-0.2, 0) is 9.59 Å². The molecule has 1 saturated carbocycles. The highest BCUT2D eigenvalue weighted by atomic mass is 32.1. The van der Waals surface area contributed by atoms with Crippen molar-refractivity contribution in [2.45, 2.75) is 32.0 Å². The minimum Gasteiger partial charge on any atom is -0.369 e. The first-order valence-corrected chi connectivity index (χ1v) is 8.69. The average molecular weight is 370 g/mol. The van der Waals surface area contributed by atoms with Crippen molar-refractivity contribution in [3.05, 3.63) is 20.2 Å². The van der Waals surface area contributed by atoms with Crippen LogP contribution >= 0.6 is 11.3 Å². The molecule has 0 bridgehead atoms. The number of alkyl halides is 1. The standard InChI is InChI=1S/C15H19FN4O4S/c1-7-10(18-14(24)25-7)11(21)19(2)9-6-20(5-8(9)16)13(23)15(3-4-15)12(17)22/h8-9H,3-6H2,1-2H3,(H2,17,22)(H,18,24). The molecule has 0 spiro atoms. The van der Waals surface area contributed by atoms with Crippen molar-refractivity contribution in [3.8, 4) is 0 Å². The van der Waals surface area contributed by atoms with Gasteiger partial charge in [-0.3, -0.25) is 19.2 Å². The molecule has 2 unspecified atom stereocenters. The lowest BCUT2D eigenvalue weighted by Gasteiger charge is -2.26. The molecule has 2 aliphatic rings. The number of nitrogens with one attached hydrogen (secondary N) is 1. The number of nitrogens with zero attached hydrogens (tertiary/aromatic N) is 2. The third-order valence-corrected chi connectivity index (χ3v) is 5.79. The molecule has 136 valence electrons. The maximum atomic E-state index is 14.5. The summed E-state index contributed by atoms with van der Waals surface area (Å²) >= 11 is 0.910. The minimum absolute atomic E-state index is 0.00924. The van der Waals surface area contributed by atoms with Gasteiger partial charge in [-0.05, 0) is 19.8 Å². The first-order valence-electron chi connectivity index (χ1n) is 7.87. The molecule has 2 atom stereocenters. The molecule has 0 aromatic carbocycles. The Kier molecular flexibility index (Phi) is 4.18. The smallest absolute Gasteiger partial charge is 0.305 e. The lowest BCUT2D eigenvalue weighted by atomic mass is 10.1. The van der Waals surface area contributed by atoms with E-state index in [1.807, 2.05) is 0 Å². The lowest BCUT2D eigenvalue weighted by molar-refractivity contribution is -0.142. The number of likely N-dealkylation sites (N-methyl/N-ethyl adjacent to an activating group) is 1. The average Bonchev–Trinajstić information content (AvgIpc) is 3.18. The summed E-state index contributed by atoms with van der Waals surface area (Å²) in [7, 11) is 1.43. The van der Waals surface area contributed by atoms with Crippen molar-refractivity contribution in [3.63, 3.8) is 0 Å². The number of thiazole rings is 1. The van der Waals surface area contributed by atoms with Crippen molar-refractivity contribution in [1.29, 1.82) is 0 Å². The molecule has 2 fully saturated rings. The van der Waals surface area contributed by atoms with E-state index in [1.165, 1.54) is 16.8 Å². The van der Waals surface area contributed by atoms with Gasteiger partial charge in [0.05, 0.1) is 12.6 Å². The van der Waals surface area contributed by atoms with Gasteiger partial charge in [-0.15, -0.1) is 0 Å². The van der Waals surface area contributed by atoms with Crippen LogP contribution in [0.2, 0.25) is 0 Å². The molecule has 1 aliphatic heterocycles. The molecule has 3 rings (SSSR count). The van der Waals surface area contributed by atoms with Crippen molar-refractivity contribution < 1.29 is 18.8 Å². The van der Waals surface area contributed by atoms with Gasteiger partial charge < -0.3 is 20.5 Å². The first kappa shape index (κ1) is 17.6.